The molecular weight excluding hydrogens is 359 g/mol. The number of nitrogens with one attached hydrogen (secondary N) is 2. The van der Waals surface area contributed by atoms with E-state index in [0.717, 1.165) is 30.0 Å². The van der Waals surface area contributed by atoms with Crippen molar-refractivity contribution in [3.05, 3.63) is 66.0 Å². The summed E-state index contributed by atoms with van der Waals surface area (Å²) in [6, 6.07) is 16.2. The van der Waals surface area contributed by atoms with Crippen molar-refractivity contribution in [3.63, 3.8) is 0 Å². The van der Waals surface area contributed by atoms with E-state index >= 15 is 0 Å². The quantitative estimate of drug-likeness (QED) is 0.713. The zero-order valence-corrected chi connectivity index (χ0v) is 15.5. The lowest BCUT2D eigenvalue weighted by molar-refractivity contribution is 0.0940. The van der Waals surface area contributed by atoms with Crippen molar-refractivity contribution < 1.29 is 13.9 Å². The van der Waals surface area contributed by atoms with Crippen LogP contribution < -0.4 is 15.0 Å². The highest BCUT2D eigenvalue weighted by molar-refractivity contribution is 5.94. The van der Waals surface area contributed by atoms with Crippen LogP contribution in [0, 0.1) is 5.82 Å². The molecule has 0 spiro atoms. The van der Waals surface area contributed by atoms with Crippen molar-refractivity contribution in [2.24, 2.45) is 0 Å². The van der Waals surface area contributed by atoms with Crippen molar-refractivity contribution in [2.75, 3.05) is 25.1 Å². The Kier molecular flexibility index (Phi) is 4.97. The van der Waals surface area contributed by atoms with Gasteiger partial charge in [0.05, 0.1) is 12.8 Å². The van der Waals surface area contributed by atoms with E-state index in [1.54, 1.807) is 6.07 Å². The number of aromatic nitrogens is 2. The molecule has 3 aromatic rings. The van der Waals surface area contributed by atoms with Crippen LogP contribution in [0.3, 0.4) is 0 Å². The molecule has 2 aromatic carbocycles. The third kappa shape index (κ3) is 3.69. The minimum Gasteiger partial charge on any atom is -0.494 e. The topological polar surface area (TPSA) is 70.2 Å². The summed E-state index contributed by atoms with van der Waals surface area (Å²) in [5.41, 5.74) is 2.31. The van der Waals surface area contributed by atoms with Gasteiger partial charge in [0.25, 0.3) is 5.91 Å². The number of ether oxygens (including phenoxy) is 1. The molecule has 144 valence electrons. The fourth-order valence-corrected chi connectivity index (χ4v) is 3.40. The lowest BCUT2D eigenvalue weighted by Crippen LogP contribution is -2.37. The van der Waals surface area contributed by atoms with Crippen molar-refractivity contribution >= 4 is 11.7 Å². The average molecular weight is 380 g/mol. The van der Waals surface area contributed by atoms with Crippen molar-refractivity contribution in [1.82, 2.24) is 15.5 Å². The fourth-order valence-electron chi connectivity index (χ4n) is 3.40. The van der Waals surface area contributed by atoms with Crippen molar-refractivity contribution in [1.29, 1.82) is 0 Å². The Hall–Kier alpha value is -3.35. The minimum atomic E-state index is -0.548. The maximum atomic E-state index is 13.8. The first-order chi connectivity index (χ1) is 13.6. The van der Waals surface area contributed by atoms with Gasteiger partial charge >= 0.3 is 0 Å². The molecule has 0 radical (unpaired) electrons. The van der Waals surface area contributed by atoms with Gasteiger partial charge in [-0.2, -0.15) is 5.10 Å². The Balaban J connectivity index is 1.39. The first-order valence-electron chi connectivity index (χ1n) is 9.14. The fraction of sp³-hybridized carbons (Fsp3) is 0.238. The third-order valence-corrected chi connectivity index (χ3v) is 4.91. The molecule has 2 heterocycles. The summed E-state index contributed by atoms with van der Waals surface area (Å²) in [7, 11) is 1.39. The van der Waals surface area contributed by atoms with Crippen LogP contribution in [0.15, 0.2) is 54.6 Å². The molecule has 1 aromatic heterocycles. The molecule has 1 unspecified atom stereocenters. The number of halogens is 1. The van der Waals surface area contributed by atoms with E-state index in [2.05, 4.69) is 20.4 Å². The molecule has 7 heteroatoms. The summed E-state index contributed by atoms with van der Waals surface area (Å²) in [4.78, 5) is 14.6. The molecule has 2 N–H and O–H groups in total. The molecule has 6 nitrogen and oxygen atoms in total. The van der Waals surface area contributed by atoms with E-state index in [-0.39, 0.29) is 23.3 Å². The zero-order valence-electron chi connectivity index (χ0n) is 15.5. The number of methoxy groups -OCH3 is 1. The van der Waals surface area contributed by atoms with Crippen molar-refractivity contribution in [2.45, 2.75) is 12.5 Å². The average Bonchev–Trinajstić information content (AvgIpc) is 3.38. The predicted molar refractivity (Wildman–Crippen MR) is 105 cm³/mol. The first-order valence-corrected chi connectivity index (χ1v) is 9.14. The number of aromatic amines is 1. The molecule has 1 saturated heterocycles. The van der Waals surface area contributed by atoms with Gasteiger partial charge < -0.3 is 15.0 Å². The number of carbonyl (C=O) groups excluding carboxylic acids is 1. The molecule has 1 amide bonds. The number of hydrogen-bond donors (Lipinski definition) is 2. The van der Waals surface area contributed by atoms with Crippen LogP contribution in [0.2, 0.25) is 0 Å². The SMILES string of the molecule is COc1ccc(C(=O)NC2CCN(c3cc(-c4ccccc4)[nH]n3)C2)cc1F. The molecule has 1 atom stereocenters. The standard InChI is InChI=1S/C21H21FN4O2/c1-28-19-8-7-15(11-17(19)22)21(27)23-16-9-10-26(13-16)20-12-18(24-25-20)14-5-3-2-4-6-14/h2-8,11-12,16H,9-10,13H2,1H3,(H,23,27)(H,24,25). The van der Waals surface area contributed by atoms with E-state index < -0.39 is 5.82 Å². The van der Waals surface area contributed by atoms with Crippen LogP contribution in [-0.4, -0.2) is 42.3 Å². The lowest BCUT2D eigenvalue weighted by Gasteiger charge is -2.16. The summed E-state index contributed by atoms with van der Waals surface area (Å²) in [6.45, 7) is 1.45. The Morgan fingerprint density at radius 2 is 2.07 bits per heavy atom. The maximum Gasteiger partial charge on any atom is 0.251 e. The summed E-state index contributed by atoms with van der Waals surface area (Å²) >= 11 is 0. The van der Waals surface area contributed by atoms with E-state index in [9.17, 15) is 9.18 Å². The first kappa shape index (κ1) is 18.0. The highest BCUT2D eigenvalue weighted by atomic mass is 19.1. The molecule has 1 aliphatic rings. The zero-order chi connectivity index (χ0) is 19.5. The summed E-state index contributed by atoms with van der Waals surface area (Å²) < 4.78 is 18.7. The summed E-state index contributed by atoms with van der Waals surface area (Å²) in [5.74, 6) is 0.135. The summed E-state index contributed by atoms with van der Waals surface area (Å²) in [6.07, 6.45) is 0.803. The summed E-state index contributed by atoms with van der Waals surface area (Å²) in [5, 5.41) is 10.4. The predicted octanol–water partition coefficient (Wildman–Crippen LogP) is 3.23. The van der Waals surface area contributed by atoms with Gasteiger partial charge in [0, 0.05) is 30.8 Å². The van der Waals surface area contributed by atoms with Crippen LogP contribution >= 0.6 is 0 Å². The molecule has 1 aliphatic heterocycles. The Morgan fingerprint density at radius 3 is 2.82 bits per heavy atom. The number of anilines is 1. The lowest BCUT2D eigenvalue weighted by atomic mass is 10.1. The molecule has 0 saturated carbocycles. The number of carbonyl (C=O) groups is 1. The largest absolute Gasteiger partial charge is 0.494 e. The van der Waals surface area contributed by atoms with Crippen LogP contribution in [0.4, 0.5) is 10.2 Å². The maximum absolute atomic E-state index is 13.8. The minimum absolute atomic E-state index is 0.0189. The van der Waals surface area contributed by atoms with Gasteiger partial charge in [-0.3, -0.25) is 9.89 Å². The van der Waals surface area contributed by atoms with Crippen LogP contribution in [0.25, 0.3) is 11.3 Å². The molecule has 0 bridgehead atoms. The van der Waals surface area contributed by atoms with E-state index in [1.807, 2.05) is 36.4 Å². The monoisotopic (exact) mass is 380 g/mol. The number of hydrogen-bond acceptors (Lipinski definition) is 4. The van der Waals surface area contributed by atoms with E-state index in [0.29, 0.717) is 6.54 Å². The molecule has 28 heavy (non-hydrogen) atoms. The highest BCUT2D eigenvalue weighted by Gasteiger charge is 2.26. The number of rotatable bonds is 5. The van der Waals surface area contributed by atoms with Crippen LogP contribution in [0.5, 0.6) is 5.75 Å². The van der Waals surface area contributed by atoms with Gasteiger partial charge in [0.15, 0.2) is 17.4 Å². The Labute approximate surface area is 162 Å². The number of benzene rings is 2. The van der Waals surface area contributed by atoms with Gasteiger partial charge in [-0.15, -0.1) is 0 Å². The number of nitrogens with zero attached hydrogens (tertiary/aromatic N) is 2. The molecule has 1 fully saturated rings. The van der Waals surface area contributed by atoms with Gasteiger partial charge in [-0.25, -0.2) is 4.39 Å². The second kappa shape index (κ2) is 7.72. The molecular formula is C21H21FN4O2. The van der Waals surface area contributed by atoms with Gasteiger partial charge in [-0.1, -0.05) is 30.3 Å². The Morgan fingerprint density at radius 1 is 1.25 bits per heavy atom. The smallest absolute Gasteiger partial charge is 0.251 e. The second-order valence-electron chi connectivity index (χ2n) is 6.76. The molecule has 4 rings (SSSR count). The van der Waals surface area contributed by atoms with Gasteiger partial charge in [-0.05, 0) is 30.2 Å². The van der Waals surface area contributed by atoms with E-state index in [1.165, 1.54) is 19.2 Å². The highest BCUT2D eigenvalue weighted by Crippen LogP contribution is 2.24. The second-order valence-corrected chi connectivity index (χ2v) is 6.76. The van der Waals surface area contributed by atoms with E-state index in [4.69, 9.17) is 4.74 Å². The number of amides is 1. The van der Waals surface area contributed by atoms with Crippen LogP contribution in [0.1, 0.15) is 16.8 Å². The molecule has 0 aliphatic carbocycles. The Bertz CT molecular complexity index is 974. The van der Waals surface area contributed by atoms with Gasteiger partial charge in [0.2, 0.25) is 0 Å². The van der Waals surface area contributed by atoms with Gasteiger partial charge in [0.1, 0.15) is 0 Å². The van der Waals surface area contributed by atoms with Crippen molar-refractivity contribution in [3.8, 4) is 17.0 Å². The normalized spacial score (nSPS) is 16.2. The third-order valence-electron chi connectivity index (χ3n) is 4.91. The van der Waals surface area contributed by atoms with Crippen LogP contribution in [-0.2, 0) is 0 Å². The number of H-pyrrole nitrogens is 1.